The van der Waals surface area contributed by atoms with Gasteiger partial charge >= 0.3 is 0 Å². The largest absolute Gasteiger partial charge is 0.457 e. The molecule has 1 heterocycles. The molecule has 0 amide bonds. The molecule has 0 aliphatic carbocycles. The van der Waals surface area contributed by atoms with Crippen molar-refractivity contribution in [2.45, 2.75) is 6.92 Å². The van der Waals surface area contributed by atoms with E-state index in [-0.39, 0.29) is 6.61 Å². The molecule has 14 heavy (non-hydrogen) atoms. The molecule has 0 spiro atoms. The average molecular weight is 203 g/mol. The van der Waals surface area contributed by atoms with Crippen molar-refractivity contribution >= 4 is 21.6 Å². The molecule has 0 unspecified atom stereocenters. The smallest absolute Gasteiger partial charge is 0.275 e. The quantitative estimate of drug-likeness (QED) is 0.700. The summed E-state index contributed by atoms with van der Waals surface area (Å²) in [6.45, 7) is 2.32. The van der Waals surface area contributed by atoms with Crippen molar-refractivity contribution in [1.29, 1.82) is 0 Å². The standard InChI is InChI=1S/C11H9NOS/c1-3-6-13-11-12-9-7-8(2)4-5-10(9)14-11/h1,4-5,7H,6H2,2H3. The van der Waals surface area contributed by atoms with Crippen LogP contribution < -0.4 is 4.74 Å². The van der Waals surface area contributed by atoms with Crippen LogP contribution in [-0.2, 0) is 0 Å². The number of thiazole rings is 1. The lowest BCUT2D eigenvalue weighted by molar-refractivity contribution is 0.369. The molecule has 0 bridgehead atoms. The second-order valence-corrected chi connectivity index (χ2v) is 3.94. The molecule has 0 aliphatic heterocycles. The van der Waals surface area contributed by atoms with Crippen LogP contribution in [-0.4, -0.2) is 11.6 Å². The first-order valence-electron chi connectivity index (χ1n) is 4.23. The Hall–Kier alpha value is -1.53. The molecule has 2 aromatic rings. The highest BCUT2D eigenvalue weighted by Gasteiger charge is 2.03. The van der Waals surface area contributed by atoms with Crippen molar-refractivity contribution in [2.24, 2.45) is 0 Å². The van der Waals surface area contributed by atoms with Gasteiger partial charge < -0.3 is 4.74 Å². The fourth-order valence-corrected chi connectivity index (χ4v) is 1.98. The lowest BCUT2D eigenvalue weighted by Gasteiger charge is -1.91. The zero-order valence-corrected chi connectivity index (χ0v) is 8.60. The van der Waals surface area contributed by atoms with E-state index < -0.39 is 0 Å². The van der Waals surface area contributed by atoms with Gasteiger partial charge in [-0.25, -0.2) is 4.98 Å². The summed E-state index contributed by atoms with van der Waals surface area (Å²) in [6, 6.07) is 6.14. The lowest BCUT2D eigenvalue weighted by atomic mass is 10.2. The minimum absolute atomic E-state index is 0.277. The lowest BCUT2D eigenvalue weighted by Crippen LogP contribution is -1.91. The van der Waals surface area contributed by atoms with Crippen LogP contribution in [0.25, 0.3) is 10.2 Å². The molecule has 0 saturated carbocycles. The normalized spacial score (nSPS) is 10.0. The van der Waals surface area contributed by atoms with Crippen LogP contribution in [0.4, 0.5) is 0 Å². The van der Waals surface area contributed by atoms with Crippen LogP contribution >= 0.6 is 11.3 Å². The van der Waals surface area contributed by atoms with Gasteiger partial charge in [0, 0.05) is 0 Å². The molecule has 0 atom stereocenters. The maximum atomic E-state index is 5.25. The molecule has 0 radical (unpaired) electrons. The number of hydrogen-bond acceptors (Lipinski definition) is 3. The fraction of sp³-hybridized carbons (Fsp3) is 0.182. The van der Waals surface area contributed by atoms with Crippen LogP contribution in [0.5, 0.6) is 5.19 Å². The number of ether oxygens (including phenoxy) is 1. The van der Waals surface area contributed by atoms with Gasteiger partial charge in [-0.15, -0.1) is 6.42 Å². The first-order chi connectivity index (χ1) is 6.79. The molecule has 0 saturated heterocycles. The summed E-state index contributed by atoms with van der Waals surface area (Å²) in [5.74, 6) is 2.42. The number of hydrogen-bond donors (Lipinski definition) is 0. The zero-order chi connectivity index (χ0) is 9.97. The Balaban J connectivity index is 2.37. The summed E-state index contributed by atoms with van der Waals surface area (Å²) in [7, 11) is 0. The van der Waals surface area contributed by atoms with Gasteiger partial charge in [0.05, 0.1) is 10.2 Å². The van der Waals surface area contributed by atoms with E-state index in [1.807, 2.05) is 19.1 Å². The Bertz CT molecular complexity index is 495. The molecule has 0 fully saturated rings. The van der Waals surface area contributed by atoms with E-state index >= 15 is 0 Å². The first-order valence-corrected chi connectivity index (χ1v) is 5.05. The summed E-state index contributed by atoms with van der Waals surface area (Å²) in [6.07, 6.45) is 5.10. The Morgan fingerprint density at radius 3 is 3.21 bits per heavy atom. The van der Waals surface area contributed by atoms with E-state index in [2.05, 4.69) is 17.0 Å². The molecule has 1 aromatic heterocycles. The summed E-state index contributed by atoms with van der Waals surface area (Å²) in [5, 5.41) is 0.642. The predicted molar refractivity (Wildman–Crippen MR) is 58.7 cm³/mol. The van der Waals surface area contributed by atoms with Gasteiger partial charge in [0.25, 0.3) is 5.19 Å². The minimum atomic E-state index is 0.277. The molecule has 3 heteroatoms. The Morgan fingerprint density at radius 2 is 2.43 bits per heavy atom. The van der Waals surface area contributed by atoms with Crippen LogP contribution in [0.2, 0.25) is 0 Å². The van der Waals surface area contributed by atoms with Gasteiger partial charge in [-0.05, 0) is 24.6 Å². The summed E-state index contributed by atoms with van der Waals surface area (Å²) < 4.78 is 6.38. The maximum absolute atomic E-state index is 5.25. The maximum Gasteiger partial charge on any atom is 0.275 e. The van der Waals surface area contributed by atoms with Gasteiger partial charge in [-0.3, -0.25) is 0 Å². The zero-order valence-electron chi connectivity index (χ0n) is 7.78. The van der Waals surface area contributed by atoms with Crippen LogP contribution in [0.3, 0.4) is 0 Å². The van der Waals surface area contributed by atoms with Crippen LogP contribution in [0.1, 0.15) is 5.56 Å². The number of rotatable bonds is 2. The SMILES string of the molecule is C#CCOc1nc2cc(C)ccc2s1. The van der Waals surface area contributed by atoms with Crippen molar-refractivity contribution in [1.82, 2.24) is 4.98 Å². The Kier molecular flexibility index (Phi) is 2.38. The van der Waals surface area contributed by atoms with Crippen molar-refractivity contribution in [3.05, 3.63) is 23.8 Å². The van der Waals surface area contributed by atoms with Crippen molar-refractivity contribution < 1.29 is 4.74 Å². The van der Waals surface area contributed by atoms with Gasteiger partial charge in [0.1, 0.15) is 0 Å². The van der Waals surface area contributed by atoms with E-state index in [4.69, 9.17) is 11.2 Å². The monoisotopic (exact) mass is 203 g/mol. The molecule has 1 aromatic carbocycles. The van der Waals surface area contributed by atoms with E-state index in [1.165, 1.54) is 16.9 Å². The molecule has 70 valence electrons. The average Bonchev–Trinajstić information content (AvgIpc) is 2.56. The van der Waals surface area contributed by atoms with Gasteiger partial charge in [-0.1, -0.05) is 23.3 Å². The summed E-state index contributed by atoms with van der Waals surface area (Å²) >= 11 is 1.52. The third-order valence-corrected chi connectivity index (χ3v) is 2.75. The number of aryl methyl sites for hydroxylation is 1. The Morgan fingerprint density at radius 1 is 1.57 bits per heavy atom. The van der Waals surface area contributed by atoms with Crippen LogP contribution in [0, 0.1) is 19.3 Å². The highest BCUT2D eigenvalue weighted by molar-refractivity contribution is 7.20. The summed E-state index contributed by atoms with van der Waals surface area (Å²) in [4.78, 5) is 4.31. The second kappa shape index (κ2) is 3.69. The van der Waals surface area contributed by atoms with Crippen molar-refractivity contribution in [3.8, 4) is 17.5 Å². The number of nitrogens with zero attached hydrogens (tertiary/aromatic N) is 1. The molecule has 2 rings (SSSR count). The van der Waals surface area contributed by atoms with Crippen molar-refractivity contribution in [3.63, 3.8) is 0 Å². The molecule has 2 nitrogen and oxygen atoms in total. The third-order valence-electron chi connectivity index (χ3n) is 1.80. The number of benzene rings is 1. The van der Waals surface area contributed by atoms with E-state index in [0.29, 0.717) is 5.19 Å². The Labute approximate surface area is 86.5 Å². The molecular weight excluding hydrogens is 194 g/mol. The van der Waals surface area contributed by atoms with E-state index in [0.717, 1.165) is 10.2 Å². The second-order valence-electron chi connectivity index (χ2n) is 2.94. The summed E-state index contributed by atoms with van der Waals surface area (Å²) in [5.41, 5.74) is 2.17. The molecule has 0 N–H and O–H groups in total. The van der Waals surface area contributed by atoms with Crippen molar-refractivity contribution in [2.75, 3.05) is 6.61 Å². The molecule has 0 aliphatic rings. The number of aromatic nitrogens is 1. The topological polar surface area (TPSA) is 22.1 Å². The highest BCUT2D eigenvalue weighted by Crippen LogP contribution is 2.27. The fourth-order valence-electron chi connectivity index (χ4n) is 1.18. The highest BCUT2D eigenvalue weighted by atomic mass is 32.1. The van der Waals surface area contributed by atoms with Gasteiger partial charge in [0.2, 0.25) is 0 Å². The van der Waals surface area contributed by atoms with Gasteiger partial charge in [0.15, 0.2) is 6.61 Å². The number of fused-ring (bicyclic) bond motifs is 1. The third kappa shape index (κ3) is 1.70. The minimum Gasteiger partial charge on any atom is -0.457 e. The predicted octanol–water partition coefficient (Wildman–Crippen LogP) is 2.62. The van der Waals surface area contributed by atoms with Gasteiger partial charge in [-0.2, -0.15) is 0 Å². The number of terminal acetylenes is 1. The van der Waals surface area contributed by atoms with E-state index in [9.17, 15) is 0 Å². The first kappa shape index (κ1) is 9.04. The van der Waals surface area contributed by atoms with Crippen LogP contribution in [0.15, 0.2) is 18.2 Å². The van der Waals surface area contributed by atoms with E-state index in [1.54, 1.807) is 0 Å². The molecular formula is C11H9NOS.